The zero-order valence-corrected chi connectivity index (χ0v) is 34.5. The predicted octanol–water partition coefficient (Wildman–Crippen LogP) is 6.99. The highest BCUT2D eigenvalue weighted by molar-refractivity contribution is 7.99. The lowest BCUT2D eigenvalue weighted by Crippen LogP contribution is -2.39. The second-order valence-electron chi connectivity index (χ2n) is 14.3. The van der Waals surface area contributed by atoms with Gasteiger partial charge in [-0.15, -0.1) is 11.8 Å². The van der Waals surface area contributed by atoms with Crippen molar-refractivity contribution in [1.29, 1.82) is 0 Å². The van der Waals surface area contributed by atoms with Crippen LogP contribution in [0.3, 0.4) is 0 Å². The van der Waals surface area contributed by atoms with Crippen LogP contribution in [-0.2, 0) is 27.5 Å². The van der Waals surface area contributed by atoms with Gasteiger partial charge in [-0.25, -0.2) is 27.8 Å². The third-order valence-electron chi connectivity index (χ3n) is 10.3. The first-order valence-corrected chi connectivity index (χ1v) is 22.8. The third kappa shape index (κ3) is 9.96. The molecule has 304 valence electrons. The van der Waals surface area contributed by atoms with Gasteiger partial charge in [0.2, 0.25) is 0 Å². The molecule has 12 nitrogen and oxygen atoms in total. The number of amides is 1. The molecule has 2 aliphatic heterocycles. The number of fused-ring (bicyclic) bond motifs is 2. The van der Waals surface area contributed by atoms with Gasteiger partial charge in [-0.2, -0.15) is 0 Å². The number of nitrogens with one attached hydrogen (secondary N) is 2. The molecule has 1 atom stereocenters. The Hall–Kier alpha value is -5.26. The zero-order valence-electron chi connectivity index (χ0n) is 32.1. The van der Waals surface area contributed by atoms with Crippen LogP contribution in [0.2, 0.25) is 0 Å². The SMILES string of the molecule is O=C(CS(=O)(=O)c1ccc(N[C@H](CCN2CCOCC2)CSc2ccccc2)c(F)c1)c1cccc(N2CCc3cccc(C(=O)Nc4nc5cccnc5s4)c3C2)n1. The molecule has 6 aromatic rings. The van der Waals surface area contributed by atoms with Gasteiger partial charge in [-0.3, -0.25) is 19.8 Å². The van der Waals surface area contributed by atoms with Gasteiger partial charge in [-0.05, 0) is 84.6 Å². The van der Waals surface area contributed by atoms with Gasteiger partial charge in [0.25, 0.3) is 5.91 Å². The van der Waals surface area contributed by atoms with Crippen LogP contribution in [0.5, 0.6) is 0 Å². The number of halogens is 1. The van der Waals surface area contributed by atoms with E-state index in [1.807, 2.05) is 53.4 Å². The Balaban J connectivity index is 0.922. The zero-order chi connectivity index (χ0) is 40.8. The molecule has 0 spiro atoms. The molecule has 2 aliphatic rings. The molecule has 0 aliphatic carbocycles. The summed E-state index contributed by atoms with van der Waals surface area (Å²) in [4.78, 5) is 46.2. The predicted molar refractivity (Wildman–Crippen MR) is 230 cm³/mol. The van der Waals surface area contributed by atoms with Crippen LogP contribution in [0.25, 0.3) is 10.3 Å². The van der Waals surface area contributed by atoms with Gasteiger partial charge < -0.3 is 15.0 Å². The van der Waals surface area contributed by atoms with Gasteiger partial charge in [0.05, 0.1) is 23.8 Å². The number of Topliss-reactive ketones (excluding diaryl/α,β-unsaturated/α-hetero) is 1. The maximum Gasteiger partial charge on any atom is 0.257 e. The van der Waals surface area contributed by atoms with Crippen molar-refractivity contribution in [2.24, 2.45) is 0 Å². The maximum absolute atomic E-state index is 15.7. The topological polar surface area (TPSA) is 147 Å². The first kappa shape index (κ1) is 40.5. The van der Waals surface area contributed by atoms with Gasteiger partial charge >= 0.3 is 0 Å². The highest BCUT2D eigenvalue weighted by Crippen LogP contribution is 2.30. The van der Waals surface area contributed by atoms with E-state index in [9.17, 15) is 18.0 Å². The van der Waals surface area contributed by atoms with E-state index in [1.54, 1.807) is 42.2 Å². The van der Waals surface area contributed by atoms with Crippen molar-refractivity contribution >= 4 is 71.6 Å². The Labute approximate surface area is 350 Å². The largest absolute Gasteiger partial charge is 0.379 e. The Kier molecular flexibility index (Phi) is 12.6. The van der Waals surface area contributed by atoms with Gasteiger partial charge in [-0.1, -0.05) is 47.7 Å². The summed E-state index contributed by atoms with van der Waals surface area (Å²) in [5, 5.41) is 6.68. The van der Waals surface area contributed by atoms with Crippen molar-refractivity contribution < 1.29 is 27.1 Å². The Morgan fingerprint density at radius 2 is 1.76 bits per heavy atom. The summed E-state index contributed by atoms with van der Waals surface area (Å²) in [6, 6.07) is 27.8. The number of thioether (sulfide) groups is 1. The Morgan fingerprint density at radius 3 is 2.58 bits per heavy atom. The number of nitrogens with zero attached hydrogens (tertiary/aromatic N) is 5. The number of benzene rings is 3. The molecule has 0 unspecified atom stereocenters. The van der Waals surface area contributed by atoms with Crippen LogP contribution < -0.4 is 15.5 Å². The van der Waals surface area contributed by atoms with E-state index in [-0.39, 0.29) is 28.2 Å². The number of anilines is 3. The summed E-state index contributed by atoms with van der Waals surface area (Å²) in [6.45, 7) is 4.80. The van der Waals surface area contributed by atoms with Crippen LogP contribution in [0, 0.1) is 5.82 Å². The van der Waals surface area contributed by atoms with Crippen LogP contribution >= 0.6 is 23.1 Å². The number of aromatic nitrogens is 3. The average Bonchev–Trinajstić information content (AvgIpc) is 3.67. The van der Waals surface area contributed by atoms with Crippen LogP contribution in [-0.4, -0.2) is 96.9 Å². The van der Waals surface area contributed by atoms with Crippen molar-refractivity contribution in [3.05, 3.63) is 131 Å². The summed E-state index contributed by atoms with van der Waals surface area (Å²) in [6.07, 6.45) is 3.06. The molecule has 2 N–H and O–H groups in total. The van der Waals surface area contributed by atoms with Crippen molar-refractivity contribution in [1.82, 2.24) is 19.9 Å². The summed E-state index contributed by atoms with van der Waals surface area (Å²) in [5.41, 5.74) is 3.23. The first-order chi connectivity index (χ1) is 28.7. The van der Waals surface area contributed by atoms with E-state index in [2.05, 4.69) is 30.5 Å². The molecular formula is C43H42FN7O5S3. The third-order valence-corrected chi connectivity index (χ3v) is 14.0. The van der Waals surface area contributed by atoms with Crippen LogP contribution in [0.1, 0.15) is 38.4 Å². The summed E-state index contributed by atoms with van der Waals surface area (Å²) in [7, 11) is -4.22. The molecule has 0 radical (unpaired) electrons. The van der Waals surface area contributed by atoms with E-state index in [1.165, 1.54) is 29.5 Å². The highest BCUT2D eigenvalue weighted by atomic mass is 32.2. The number of carbonyl (C=O) groups excluding carboxylic acids is 2. The smallest absolute Gasteiger partial charge is 0.257 e. The Bertz CT molecular complexity index is 2540. The minimum absolute atomic E-state index is 0.0230. The molecule has 1 saturated heterocycles. The molecule has 16 heteroatoms. The fourth-order valence-electron chi connectivity index (χ4n) is 7.16. The lowest BCUT2D eigenvalue weighted by Gasteiger charge is -2.31. The molecule has 5 heterocycles. The molecule has 0 saturated carbocycles. The average molecular weight is 852 g/mol. The fraction of sp³-hybridized carbons (Fsp3) is 0.279. The number of morpholine rings is 1. The quantitative estimate of drug-likeness (QED) is 0.0811. The van der Waals surface area contributed by atoms with E-state index in [0.29, 0.717) is 60.5 Å². The summed E-state index contributed by atoms with van der Waals surface area (Å²) >= 11 is 2.97. The van der Waals surface area contributed by atoms with Gasteiger partial charge in [0.15, 0.2) is 20.8 Å². The van der Waals surface area contributed by atoms with Crippen LogP contribution in [0.4, 0.5) is 21.0 Å². The molecule has 8 rings (SSSR count). The van der Waals surface area contributed by atoms with E-state index in [4.69, 9.17) is 4.74 Å². The van der Waals surface area contributed by atoms with E-state index < -0.39 is 27.2 Å². The lowest BCUT2D eigenvalue weighted by atomic mass is 9.94. The van der Waals surface area contributed by atoms with Gasteiger partial charge in [0.1, 0.15) is 33.4 Å². The molecule has 3 aromatic heterocycles. The number of hydrogen-bond acceptors (Lipinski definition) is 13. The number of pyridine rings is 2. The minimum Gasteiger partial charge on any atom is -0.379 e. The number of hydrogen-bond donors (Lipinski definition) is 2. The molecule has 3 aromatic carbocycles. The van der Waals surface area contributed by atoms with Gasteiger partial charge in [0, 0.05) is 61.2 Å². The minimum atomic E-state index is -4.22. The van der Waals surface area contributed by atoms with Crippen LogP contribution in [0.15, 0.2) is 113 Å². The van der Waals surface area contributed by atoms with Crippen molar-refractivity contribution in [3.8, 4) is 0 Å². The number of rotatable bonds is 15. The summed E-state index contributed by atoms with van der Waals surface area (Å²) in [5.74, 6) is -1.44. The Morgan fingerprint density at radius 1 is 0.932 bits per heavy atom. The molecule has 0 bridgehead atoms. The number of thiazole rings is 1. The second kappa shape index (κ2) is 18.3. The maximum atomic E-state index is 15.7. The first-order valence-electron chi connectivity index (χ1n) is 19.3. The monoisotopic (exact) mass is 851 g/mol. The van der Waals surface area contributed by atoms with E-state index >= 15 is 4.39 Å². The van der Waals surface area contributed by atoms with Crippen molar-refractivity contribution in [2.75, 3.05) is 66.4 Å². The molecule has 1 fully saturated rings. The number of carbonyl (C=O) groups is 2. The number of ketones is 1. The second-order valence-corrected chi connectivity index (χ2v) is 18.4. The van der Waals surface area contributed by atoms with Crippen molar-refractivity contribution in [3.63, 3.8) is 0 Å². The summed E-state index contributed by atoms with van der Waals surface area (Å²) < 4.78 is 48.2. The highest BCUT2D eigenvalue weighted by Gasteiger charge is 2.27. The molecule has 59 heavy (non-hydrogen) atoms. The lowest BCUT2D eigenvalue weighted by molar-refractivity contribution is 0.0370. The number of ether oxygens (including phenoxy) is 1. The van der Waals surface area contributed by atoms with E-state index in [0.717, 1.165) is 53.0 Å². The fourth-order valence-corrected chi connectivity index (χ4v) is 10.2. The van der Waals surface area contributed by atoms with Crippen molar-refractivity contribution in [2.45, 2.75) is 35.2 Å². The molecule has 1 amide bonds. The molecular weight excluding hydrogens is 810 g/mol. The number of sulfone groups is 1. The standard InChI is InChI=1S/C43H42FN7O5S3/c44-35-25-32(14-15-36(35)46-30(17-19-50-21-23-56-24-22-50)27-57-31-8-2-1-3-9-31)59(54,55)28-39(52)37-11-5-13-40(47-37)51-20-16-29-7-4-10-33(34(29)26-51)41(53)49-43-48-38-12-6-18-45-42(38)58-43/h1-15,18,25,30,46H,16-17,19-24,26-28H2,(H,48,49,53)/t30-/m1/s1. The normalized spacial score (nSPS) is 15.1.